The molecule has 2 nitrogen and oxygen atoms in total. The molecule has 2 rings (SSSR count). The van der Waals surface area contributed by atoms with Crippen molar-refractivity contribution in [2.75, 3.05) is 14.2 Å². The number of hydrogen-bond donors (Lipinski definition) is 1. The second kappa shape index (κ2) is 6.45. The molecule has 0 spiro atoms. The van der Waals surface area contributed by atoms with Crippen LogP contribution in [0.4, 0.5) is 0 Å². The highest BCUT2D eigenvalue weighted by Gasteiger charge is 2.40. The lowest BCUT2D eigenvalue weighted by molar-refractivity contribution is -0.0336. The predicted octanol–water partition coefficient (Wildman–Crippen LogP) is 4.08. The molecule has 0 radical (unpaired) electrons. The van der Waals surface area contributed by atoms with Gasteiger partial charge in [0.15, 0.2) is 0 Å². The molecule has 0 amide bonds. The van der Waals surface area contributed by atoms with Crippen molar-refractivity contribution in [1.29, 1.82) is 0 Å². The van der Waals surface area contributed by atoms with Gasteiger partial charge in [0.1, 0.15) is 0 Å². The Morgan fingerprint density at radius 2 is 2.00 bits per heavy atom. The quantitative estimate of drug-likeness (QED) is 0.885. The molecule has 106 valence electrons. The Morgan fingerprint density at radius 1 is 1.32 bits per heavy atom. The van der Waals surface area contributed by atoms with Crippen LogP contribution in [0.2, 0.25) is 10.0 Å². The van der Waals surface area contributed by atoms with E-state index in [1.165, 1.54) is 12.8 Å². The third-order valence-corrected chi connectivity index (χ3v) is 4.88. The Hall–Kier alpha value is -0.280. The van der Waals surface area contributed by atoms with Gasteiger partial charge in [-0.1, -0.05) is 36.0 Å². The third kappa shape index (κ3) is 3.25. The first-order valence-electron chi connectivity index (χ1n) is 6.77. The summed E-state index contributed by atoms with van der Waals surface area (Å²) < 4.78 is 5.86. The van der Waals surface area contributed by atoms with Crippen LogP contribution in [0.25, 0.3) is 0 Å². The Balaban J connectivity index is 2.21. The van der Waals surface area contributed by atoms with Crippen molar-refractivity contribution < 1.29 is 4.74 Å². The molecule has 1 fully saturated rings. The van der Waals surface area contributed by atoms with E-state index >= 15 is 0 Å². The molecule has 1 saturated carbocycles. The monoisotopic (exact) mass is 301 g/mol. The maximum atomic E-state index is 6.27. The summed E-state index contributed by atoms with van der Waals surface area (Å²) in [6.07, 6.45) is 5.51. The summed E-state index contributed by atoms with van der Waals surface area (Å²) in [5.74, 6) is 0. The summed E-state index contributed by atoms with van der Waals surface area (Å²) in [4.78, 5) is 0. The van der Waals surface area contributed by atoms with Gasteiger partial charge >= 0.3 is 0 Å². The Kier molecular flexibility index (Phi) is 5.13. The van der Waals surface area contributed by atoms with Crippen LogP contribution in [-0.2, 0) is 11.2 Å². The molecule has 19 heavy (non-hydrogen) atoms. The van der Waals surface area contributed by atoms with E-state index in [2.05, 4.69) is 5.32 Å². The van der Waals surface area contributed by atoms with E-state index in [9.17, 15) is 0 Å². The van der Waals surface area contributed by atoms with Gasteiger partial charge in [0.05, 0.1) is 5.60 Å². The second-order valence-corrected chi connectivity index (χ2v) is 6.10. The lowest BCUT2D eigenvalue weighted by Crippen LogP contribution is -2.50. The van der Waals surface area contributed by atoms with Gasteiger partial charge in [0.25, 0.3) is 0 Å². The van der Waals surface area contributed by atoms with Gasteiger partial charge in [-0.25, -0.2) is 0 Å². The number of rotatable bonds is 5. The molecule has 0 aromatic heterocycles. The minimum Gasteiger partial charge on any atom is -0.377 e. The molecule has 1 aliphatic rings. The van der Waals surface area contributed by atoms with E-state index in [0.29, 0.717) is 0 Å². The molecule has 1 N–H and O–H groups in total. The fraction of sp³-hybridized carbons (Fsp3) is 0.600. The third-order valence-electron chi connectivity index (χ3n) is 4.27. The van der Waals surface area contributed by atoms with Gasteiger partial charge in [-0.3, -0.25) is 0 Å². The highest BCUT2D eigenvalue weighted by Crippen LogP contribution is 2.37. The number of nitrogens with one attached hydrogen (secondary N) is 1. The van der Waals surface area contributed by atoms with Crippen LogP contribution in [0, 0.1) is 0 Å². The van der Waals surface area contributed by atoms with Crippen molar-refractivity contribution in [2.24, 2.45) is 0 Å². The molecular formula is C15H21Cl2NO. The average Bonchev–Trinajstić information content (AvgIpc) is 2.89. The minimum absolute atomic E-state index is 0.0691. The maximum absolute atomic E-state index is 6.27. The van der Waals surface area contributed by atoms with Gasteiger partial charge < -0.3 is 10.1 Å². The molecule has 0 bridgehead atoms. The average molecular weight is 302 g/mol. The second-order valence-electron chi connectivity index (χ2n) is 5.26. The lowest BCUT2D eigenvalue weighted by atomic mass is 9.87. The zero-order valence-corrected chi connectivity index (χ0v) is 13.0. The smallest absolute Gasteiger partial charge is 0.0834 e. The number of ether oxygens (including phenoxy) is 1. The Bertz CT molecular complexity index is 430. The van der Waals surface area contributed by atoms with Crippen molar-refractivity contribution in [3.63, 3.8) is 0 Å². The van der Waals surface area contributed by atoms with Crippen molar-refractivity contribution in [3.8, 4) is 0 Å². The normalized spacial score (nSPS) is 19.6. The topological polar surface area (TPSA) is 21.3 Å². The Labute approximate surface area is 125 Å². The molecule has 1 unspecified atom stereocenters. The molecule has 1 aromatic carbocycles. The van der Waals surface area contributed by atoms with Crippen LogP contribution in [0.5, 0.6) is 0 Å². The van der Waals surface area contributed by atoms with Crippen LogP contribution in [0.1, 0.15) is 31.2 Å². The van der Waals surface area contributed by atoms with Crippen LogP contribution >= 0.6 is 23.2 Å². The van der Waals surface area contributed by atoms with Crippen LogP contribution in [-0.4, -0.2) is 25.8 Å². The van der Waals surface area contributed by atoms with E-state index in [-0.39, 0.29) is 11.6 Å². The lowest BCUT2D eigenvalue weighted by Gasteiger charge is -2.36. The zero-order valence-electron chi connectivity index (χ0n) is 11.5. The first kappa shape index (κ1) is 15.1. The molecule has 1 atom stereocenters. The zero-order chi connectivity index (χ0) is 13.9. The van der Waals surface area contributed by atoms with Gasteiger partial charge in [0.2, 0.25) is 0 Å². The molecule has 4 heteroatoms. The van der Waals surface area contributed by atoms with E-state index < -0.39 is 0 Å². The Morgan fingerprint density at radius 3 is 2.58 bits per heavy atom. The van der Waals surface area contributed by atoms with E-state index in [4.69, 9.17) is 27.9 Å². The number of benzene rings is 1. The molecule has 0 heterocycles. The fourth-order valence-electron chi connectivity index (χ4n) is 3.14. The highest BCUT2D eigenvalue weighted by atomic mass is 35.5. The standard InChI is InChI=1S/C15H21Cl2NO/c1-18-14(15(19-2)7-3-4-8-15)10-11-9-12(16)5-6-13(11)17/h5-6,9,14,18H,3-4,7-8,10H2,1-2H3. The number of likely N-dealkylation sites (N-methyl/N-ethyl adjacent to an activating group) is 1. The van der Waals surface area contributed by atoms with E-state index in [1.54, 1.807) is 0 Å². The number of halogens is 2. The fourth-order valence-corrected chi connectivity index (χ4v) is 3.53. The SMILES string of the molecule is CNC(Cc1cc(Cl)ccc1Cl)C1(OC)CCCC1. The van der Waals surface area contributed by atoms with Gasteiger partial charge in [0, 0.05) is 23.2 Å². The van der Waals surface area contributed by atoms with Crippen molar-refractivity contribution in [3.05, 3.63) is 33.8 Å². The summed E-state index contributed by atoms with van der Waals surface area (Å²) in [6.45, 7) is 0. The van der Waals surface area contributed by atoms with E-state index in [0.717, 1.165) is 34.9 Å². The summed E-state index contributed by atoms with van der Waals surface area (Å²) in [5.41, 5.74) is 1.01. The summed E-state index contributed by atoms with van der Waals surface area (Å²) >= 11 is 12.3. The maximum Gasteiger partial charge on any atom is 0.0834 e. The van der Waals surface area contributed by atoms with Crippen LogP contribution in [0.3, 0.4) is 0 Å². The van der Waals surface area contributed by atoms with Crippen molar-refractivity contribution >= 4 is 23.2 Å². The van der Waals surface area contributed by atoms with Crippen molar-refractivity contribution in [2.45, 2.75) is 43.7 Å². The summed E-state index contributed by atoms with van der Waals surface area (Å²) in [6, 6.07) is 5.90. The molecule has 0 saturated heterocycles. The van der Waals surface area contributed by atoms with Gasteiger partial charge in [-0.05, 0) is 50.1 Å². The first-order valence-corrected chi connectivity index (χ1v) is 7.53. The molecular weight excluding hydrogens is 281 g/mol. The largest absolute Gasteiger partial charge is 0.377 e. The number of methoxy groups -OCH3 is 1. The van der Waals surface area contributed by atoms with Crippen LogP contribution < -0.4 is 5.32 Å². The van der Waals surface area contributed by atoms with Crippen LogP contribution in [0.15, 0.2) is 18.2 Å². The van der Waals surface area contributed by atoms with Gasteiger partial charge in [-0.2, -0.15) is 0 Å². The summed E-state index contributed by atoms with van der Waals surface area (Å²) in [5, 5.41) is 4.91. The molecule has 1 aliphatic carbocycles. The summed E-state index contributed by atoms with van der Waals surface area (Å²) in [7, 11) is 3.80. The highest BCUT2D eigenvalue weighted by molar-refractivity contribution is 6.33. The van der Waals surface area contributed by atoms with Crippen molar-refractivity contribution in [1.82, 2.24) is 5.32 Å². The van der Waals surface area contributed by atoms with E-state index in [1.807, 2.05) is 32.4 Å². The predicted molar refractivity (Wildman–Crippen MR) is 81.2 cm³/mol. The number of hydrogen-bond acceptors (Lipinski definition) is 2. The molecule has 1 aromatic rings. The van der Waals surface area contributed by atoms with Gasteiger partial charge in [-0.15, -0.1) is 0 Å². The molecule has 0 aliphatic heterocycles. The minimum atomic E-state index is -0.0691. The first-order chi connectivity index (χ1) is 9.11.